The third-order valence-electron chi connectivity index (χ3n) is 5.49. The number of benzene rings is 1. The zero-order valence-electron chi connectivity index (χ0n) is 18.2. The van der Waals surface area contributed by atoms with Gasteiger partial charge in [-0.2, -0.15) is 0 Å². The normalized spacial score (nSPS) is 13.0. The van der Waals surface area contributed by atoms with Gasteiger partial charge in [-0.25, -0.2) is 0 Å². The maximum Gasteiger partial charge on any atom is 0.257 e. The smallest absolute Gasteiger partial charge is 0.257 e. The van der Waals surface area contributed by atoms with E-state index >= 15 is 0 Å². The molecule has 8 heteroatoms. The molecule has 0 radical (unpaired) electrons. The van der Waals surface area contributed by atoms with Crippen molar-refractivity contribution in [3.8, 4) is 11.1 Å². The fraction of sp³-hybridized carbons (Fsp3) is 0.435. The Morgan fingerprint density at radius 2 is 1.87 bits per heavy atom. The number of halogens is 2. The lowest BCUT2D eigenvalue weighted by molar-refractivity contribution is -0.132. The van der Waals surface area contributed by atoms with Gasteiger partial charge in [0.1, 0.15) is 6.54 Å². The predicted octanol–water partition coefficient (Wildman–Crippen LogP) is 4.43. The Morgan fingerprint density at radius 3 is 2.45 bits per heavy atom. The van der Waals surface area contributed by atoms with E-state index in [-0.39, 0.29) is 31.4 Å². The quantitative estimate of drug-likeness (QED) is 0.628. The third kappa shape index (κ3) is 4.71. The van der Waals surface area contributed by atoms with Crippen LogP contribution in [0.25, 0.3) is 11.1 Å². The van der Waals surface area contributed by atoms with Crippen molar-refractivity contribution < 1.29 is 9.59 Å². The molecule has 3 rings (SSSR count). The molecule has 0 fully saturated rings. The minimum Gasteiger partial charge on any atom is -0.341 e. The van der Waals surface area contributed by atoms with Crippen molar-refractivity contribution in [2.45, 2.75) is 46.7 Å². The summed E-state index contributed by atoms with van der Waals surface area (Å²) in [5.74, 6) is -0.272. The Bertz CT molecular complexity index is 1000. The molecular weight excluding hydrogens is 435 g/mol. The molecule has 166 valence electrons. The van der Waals surface area contributed by atoms with Crippen molar-refractivity contribution in [1.29, 1.82) is 0 Å². The van der Waals surface area contributed by atoms with E-state index < -0.39 is 0 Å². The third-order valence-corrected chi connectivity index (χ3v) is 6.04. The minimum absolute atomic E-state index is 0.0278. The molecule has 0 unspecified atom stereocenters. The number of carbonyl (C=O) groups is 2. The first-order chi connectivity index (χ1) is 14.8. The second-order valence-electron chi connectivity index (χ2n) is 7.74. The van der Waals surface area contributed by atoms with Gasteiger partial charge in [0.2, 0.25) is 5.91 Å². The first kappa shape index (κ1) is 23.5. The summed E-state index contributed by atoms with van der Waals surface area (Å²) in [5, 5.41) is 0.949. The Kier molecular flexibility index (Phi) is 7.57. The molecule has 31 heavy (non-hydrogen) atoms. The summed E-state index contributed by atoms with van der Waals surface area (Å²) in [7, 11) is 0. The molecule has 2 amide bonds. The van der Waals surface area contributed by atoms with Gasteiger partial charge in [0, 0.05) is 46.5 Å². The highest BCUT2D eigenvalue weighted by Gasteiger charge is 2.35. The molecule has 0 saturated heterocycles. The standard InChI is InChI=1S/C23H28Cl2N4O2/c1-4-8-28(9-5-2)20(30)13-29-12-19-22(23(29)31)21(17(11-26)14(3)27-19)16-7-6-15(24)10-18(16)25/h6-7,10H,4-5,8-9,11-13,26H2,1-3H3. The summed E-state index contributed by atoms with van der Waals surface area (Å²) in [6.07, 6.45) is 1.75. The van der Waals surface area contributed by atoms with Gasteiger partial charge in [0.25, 0.3) is 5.91 Å². The van der Waals surface area contributed by atoms with Gasteiger partial charge >= 0.3 is 0 Å². The van der Waals surface area contributed by atoms with Crippen molar-refractivity contribution in [2.75, 3.05) is 19.6 Å². The van der Waals surface area contributed by atoms with Crippen molar-refractivity contribution in [1.82, 2.24) is 14.8 Å². The second-order valence-corrected chi connectivity index (χ2v) is 8.59. The van der Waals surface area contributed by atoms with Crippen molar-refractivity contribution in [3.63, 3.8) is 0 Å². The molecule has 2 heterocycles. The van der Waals surface area contributed by atoms with E-state index in [2.05, 4.69) is 4.98 Å². The van der Waals surface area contributed by atoms with E-state index in [0.29, 0.717) is 45.5 Å². The van der Waals surface area contributed by atoms with Crippen molar-refractivity contribution in [2.24, 2.45) is 5.73 Å². The monoisotopic (exact) mass is 462 g/mol. The van der Waals surface area contributed by atoms with Gasteiger partial charge in [0.15, 0.2) is 0 Å². The average Bonchev–Trinajstić information content (AvgIpc) is 3.02. The van der Waals surface area contributed by atoms with Crippen LogP contribution < -0.4 is 5.73 Å². The van der Waals surface area contributed by atoms with Gasteiger partial charge in [-0.05, 0) is 37.5 Å². The van der Waals surface area contributed by atoms with Crippen LogP contribution >= 0.6 is 23.2 Å². The minimum atomic E-state index is -0.223. The maximum atomic E-state index is 13.4. The van der Waals surface area contributed by atoms with Crippen LogP contribution in [-0.4, -0.2) is 46.2 Å². The lowest BCUT2D eigenvalue weighted by atomic mass is 9.93. The first-order valence-electron chi connectivity index (χ1n) is 10.6. The SMILES string of the molecule is CCCN(CCC)C(=O)CN1Cc2nc(C)c(CN)c(-c3ccc(Cl)cc3Cl)c2C1=O. The van der Waals surface area contributed by atoms with Gasteiger partial charge in [-0.1, -0.05) is 43.1 Å². The lowest BCUT2D eigenvalue weighted by Crippen LogP contribution is -2.41. The number of carbonyl (C=O) groups excluding carboxylic acids is 2. The topological polar surface area (TPSA) is 79.5 Å². The molecule has 2 aromatic rings. The van der Waals surface area contributed by atoms with Crippen LogP contribution in [0.2, 0.25) is 10.0 Å². The molecular formula is C23H28Cl2N4O2. The zero-order valence-corrected chi connectivity index (χ0v) is 19.7. The molecule has 6 nitrogen and oxygen atoms in total. The molecule has 1 aliphatic heterocycles. The van der Waals surface area contributed by atoms with E-state index in [0.717, 1.165) is 24.1 Å². The second kappa shape index (κ2) is 9.98. The van der Waals surface area contributed by atoms with Gasteiger partial charge in [0.05, 0.1) is 17.8 Å². The zero-order chi connectivity index (χ0) is 22.7. The number of pyridine rings is 1. The van der Waals surface area contributed by atoms with E-state index in [1.165, 1.54) is 0 Å². The highest BCUT2D eigenvalue weighted by atomic mass is 35.5. The van der Waals surface area contributed by atoms with Crippen LogP contribution in [0.4, 0.5) is 0 Å². The van der Waals surface area contributed by atoms with Gasteiger partial charge in [-0.3, -0.25) is 14.6 Å². The van der Waals surface area contributed by atoms with Gasteiger partial charge < -0.3 is 15.5 Å². The number of aromatic nitrogens is 1. The van der Waals surface area contributed by atoms with E-state index in [1.54, 1.807) is 23.1 Å². The number of nitrogens with two attached hydrogens (primary N) is 1. The molecule has 0 spiro atoms. The Morgan fingerprint density at radius 1 is 1.19 bits per heavy atom. The number of nitrogens with zero attached hydrogens (tertiary/aromatic N) is 3. The largest absolute Gasteiger partial charge is 0.341 e. The van der Waals surface area contributed by atoms with Crippen LogP contribution in [0.5, 0.6) is 0 Å². The fourth-order valence-corrected chi connectivity index (χ4v) is 4.59. The van der Waals surface area contributed by atoms with E-state index in [4.69, 9.17) is 28.9 Å². The Hall–Kier alpha value is -2.15. The van der Waals surface area contributed by atoms with E-state index in [9.17, 15) is 9.59 Å². The molecule has 0 saturated carbocycles. The number of hydrogen-bond acceptors (Lipinski definition) is 4. The molecule has 0 bridgehead atoms. The number of amides is 2. The lowest BCUT2D eigenvalue weighted by Gasteiger charge is -2.24. The fourth-order valence-electron chi connectivity index (χ4n) is 4.09. The van der Waals surface area contributed by atoms with Crippen molar-refractivity contribution >= 4 is 35.0 Å². The molecule has 1 aromatic heterocycles. The summed E-state index contributed by atoms with van der Waals surface area (Å²) in [4.78, 5) is 34.3. The van der Waals surface area contributed by atoms with Crippen LogP contribution in [0, 0.1) is 6.92 Å². The number of aryl methyl sites for hydroxylation is 1. The molecule has 1 aliphatic rings. The average molecular weight is 463 g/mol. The summed E-state index contributed by atoms with van der Waals surface area (Å²) in [6.45, 7) is 7.84. The molecule has 2 N–H and O–H groups in total. The van der Waals surface area contributed by atoms with Crippen molar-refractivity contribution in [3.05, 3.63) is 50.8 Å². The van der Waals surface area contributed by atoms with Crippen LogP contribution in [0.1, 0.15) is 54.0 Å². The number of fused-ring (bicyclic) bond motifs is 1. The Labute approximate surface area is 193 Å². The summed E-state index contributed by atoms with van der Waals surface area (Å²) < 4.78 is 0. The molecule has 0 atom stereocenters. The van der Waals surface area contributed by atoms with Crippen LogP contribution in [-0.2, 0) is 17.9 Å². The summed E-state index contributed by atoms with van der Waals surface area (Å²) >= 11 is 12.6. The molecule has 1 aromatic carbocycles. The highest BCUT2D eigenvalue weighted by molar-refractivity contribution is 6.36. The number of hydrogen-bond donors (Lipinski definition) is 1. The highest BCUT2D eigenvalue weighted by Crippen LogP contribution is 2.39. The predicted molar refractivity (Wildman–Crippen MR) is 124 cm³/mol. The van der Waals surface area contributed by atoms with Gasteiger partial charge in [-0.15, -0.1) is 0 Å². The summed E-state index contributed by atoms with van der Waals surface area (Å²) in [5.41, 5.74) is 10.0. The Balaban J connectivity index is 2.02. The maximum absolute atomic E-state index is 13.4. The molecule has 0 aliphatic carbocycles. The van der Waals surface area contributed by atoms with Crippen LogP contribution in [0.15, 0.2) is 18.2 Å². The van der Waals surface area contributed by atoms with Crippen LogP contribution in [0.3, 0.4) is 0 Å². The number of rotatable bonds is 8. The van der Waals surface area contributed by atoms with E-state index in [1.807, 2.05) is 25.7 Å². The summed E-state index contributed by atoms with van der Waals surface area (Å²) in [6, 6.07) is 5.18. The first-order valence-corrected chi connectivity index (χ1v) is 11.3.